The minimum Gasteiger partial charge on any atom is -0.493 e. The second-order valence-corrected chi connectivity index (χ2v) is 10.8. The highest BCUT2D eigenvalue weighted by Crippen LogP contribution is 2.33. The zero-order valence-corrected chi connectivity index (χ0v) is 24.8. The fourth-order valence-corrected chi connectivity index (χ4v) is 4.52. The SMILES string of the molecule is COc1ccnc(C(=O)N[C@H]2CCC[C@H](Oc3ccccc3)[C@@H](OC(=O)C3CC3)[C@H](C)OC2=O)c1OCOC(=O)C(C)C. The number of para-hydroxylation sites is 1. The molecule has 1 saturated carbocycles. The molecule has 1 aliphatic carbocycles. The van der Waals surface area contributed by atoms with Gasteiger partial charge >= 0.3 is 17.9 Å². The van der Waals surface area contributed by atoms with Crippen molar-refractivity contribution in [3.63, 3.8) is 0 Å². The Morgan fingerprint density at radius 1 is 1.07 bits per heavy atom. The molecule has 2 heterocycles. The number of rotatable bonds is 11. The second-order valence-electron chi connectivity index (χ2n) is 10.8. The van der Waals surface area contributed by atoms with Gasteiger partial charge < -0.3 is 33.7 Å². The molecular weight excluding hydrogens is 560 g/mol. The zero-order valence-electron chi connectivity index (χ0n) is 24.8. The van der Waals surface area contributed by atoms with Crippen LogP contribution in [-0.2, 0) is 28.6 Å². The van der Waals surface area contributed by atoms with Crippen LogP contribution in [0.4, 0.5) is 0 Å². The largest absolute Gasteiger partial charge is 0.493 e. The molecule has 0 radical (unpaired) electrons. The average molecular weight is 599 g/mol. The third-order valence-corrected chi connectivity index (χ3v) is 7.08. The van der Waals surface area contributed by atoms with Gasteiger partial charge in [-0.2, -0.15) is 0 Å². The number of carbonyl (C=O) groups is 4. The van der Waals surface area contributed by atoms with E-state index in [1.165, 1.54) is 19.4 Å². The van der Waals surface area contributed by atoms with Crippen molar-refractivity contribution in [3.05, 3.63) is 48.3 Å². The first-order valence-corrected chi connectivity index (χ1v) is 14.4. The molecule has 12 nitrogen and oxygen atoms in total. The number of cyclic esters (lactones) is 1. The lowest BCUT2D eigenvalue weighted by Crippen LogP contribution is -2.47. The van der Waals surface area contributed by atoms with Crippen LogP contribution in [0.3, 0.4) is 0 Å². The number of nitrogens with zero attached hydrogens (tertiary/aromatic N) is 1. The third-order valence-electron chi connectivity index (χ3n) is 7.08. The summed E-state index contributed by atoms with van der Waals surface area (Å²) in [5.74, 6) is -2.01. The Morgan fingerprint density at radius 2 is 1.81 bits per heavy atom. The van der Waals surface area contributed by atoms with Crippen molar-refractivity contribution in [2.45, 2.75) is 77.2 Å². The summed E-state index contributed by atoms with van der Waals surface area (Å²) in [4.78, 5) is 55.3. The van der Waals surface area contributed by atoms with E-state index in [1.807, 2.05) is 18.2 Å². The number of hydrogen-bond donors (Lipinski definition) is 1. The first-order valence-electron chi connectivity index (χ1n) is 14.4. The molecule has 1 aromatic carbocycles. The summed E-state index contributed by atoms with van der Waals surface area (Å²) >= 11 is 0. The van der Waals surface area contributed by atoms with Crippen LogP contribution in [0.2, 0.25) is 0 Å². The van der Waals surface area contributed by atoms with E-state index in [0.29, 0.717) is 18.6 Å². The highest BCUT2D eigenvalue weighted by molar-refractivity contribution is 5.98. The predicted octanol–water partition coefficient (Wildman–Crippen LogP) is 3.61. The van der Waals surface area contributed by atoms with Crippen LogP contribution in [0, 0.1) is 11.8 Å². The van der Waals surface area contributed by atoms with Gasteiger partial charge in [-0.15, -0.1) is 0 Å². The van der Waals surface area contributed by atoms with Gasteiger partial charge in [0.2, 0.25) is 6.79 Å². The predicted molar refractivity (Wildman–Crippen MR) is 151 cm³/mol. The Bertz CT molecular complexity index is 1280. The van der Waals surface area contributed by atoms with Crippen LogP contribution in [0.1, 0.15) is 63.4 Å². The number of pyridine rings is 1. The summed E-state index contributed by atoms with van der Waals surface area (Å²) in [6.07, 6.45) is 1.70. The molecule has 0 spiro atoms. The Hall–Kier alpha value is -4.35. The number of esters is 3. The number of carbonyl (C=O) groups excluding carboxylic acids is 4. The fraction of sp³-hybridized carbons (Fsp3) is 0.516. The number of benzene rings is 1. The van der Waals surface area contributed by atoms with E-state index in [0.717, 1.165) is 12.8 Å². The molecule has 1 N–H and O–H groups in total. The molecule has 1 aliphatic heterocycles. The van der Waals surface area contributed by atoms with Crippen LogP contribution in [0.15, 0.2) is 42.6 Å². The van der Waals surface area contributed by atoms with Crippen molar-refractivity contribution in [1.29, 1.82) is 0 Å². The van der Waals surface area contributed by atoms with Crippen LogP contribution in [0.5, 0.6) is 17.2 Å². The lowest BCUT2D eigenvalue weighted by atomic mass is 10.0. The van der Waals surface area contributed by atoms with Gasteiger partial charge in [0.1, 0.15) is 24.0 Å². The van der Waals surface area contributed by atoms with E-state index in [-0.39, 0.29) is 41.4 Å². The van der Waals surface area contributed by atoms with Crippen LogP contribution < -0.4 is 19.5 Å². The lowest BCUT2D eigenvalue weighted by Gasteiger charge is -2.31. The summed E-state index contributed by atoms with van der Waals surface area (Å²) in [5, 5.41) is 2.69. The van der Waals surface area contributed by atoms with E-state index in [2.05, 4.69) is 10.3 Å². The molecule has 4 atom stereocenters. The highest BCUT2D eigenvalue weighted by Gasteiger charge is 2.41. The summed E-state index contributed by atoms with van der Waals surface area (Å²) in [6, 6.07) is 9.59. The summed E-state index contributed by atoms with van der Waals surface area (Å²) in [7, 11) is 1.39. The van der Waals surface area contributed by atoms with Crippen molar-refractivity contribution in [2.75, 3.05) is 13.9 Å². The van der Waals surface area contributed by atoms with E-state index >= 15 is 0 Å². The van der Waals surface area contributed by atoms with Gasteiger partial charge in [0, 0.05) is 12.3 Å². The standard InChI is InChI=1S/C31H38N2O10/c1-18(2)29(35)40-17-39-27-23(38-4)15-16-32-25(27)28(34)33-22-11-8-12-24(42-21-9-6-5-7-10-21)26(19(3)41-31(22)37)43-30(36)20-13-14-20/h5-7,9-10,15-16,18-20,22,24,26H,8,11-14,17H2,1-4H3,(H,33,34)/t19-,22-,24-,26-/m0/s1. The van der Waals surface area contributed by atoms with Gasteiger partial charge in [0.05, 0.1) is 18.9 Å². The van der Waals surface area contributed by atoms with Crippen molar-refractivity contribution in [2.24, 2.45) is 11.8 Å². The van der Waals surface area contributed by atoms with E-state index in [4.69, 9.17) is 28.4 Å². The van der Waals surface area contributed by atoms with Crippen molar-refractivity contribution in [3.8, 4) is 17.2 Å². The number of ether oxygens (including phenoxy) is 6. The molecule has 43 heavy (non-hydrogen) atoms. The third kappa shape index (κ3) is 8.59. The Balaban J connectivity index is 1.50. The first-order chi connectivity index (χ1) is 20.7. The van der Waals surface area contributed by atoms with Gasteiger partial charge in [-0.1, -0.05) is 32.0 Å². The molecule has 232 valence electrons. The number of nitrogens with one attached hydrogen (secondary N) is 1. The van der Waals surface area contributed by atoms with Gasteiger partial charge in [-0.3, -0.25) is 14.4 Å². The Kier molecular flexibility index (Phi) is 10.8. The second kappa shape index (κ2) is 14.7. The van der Waals surface area contributed by atoms with Crippen molar-refractivity contribution in [1.82, 2.24) is 10.3 Å². The monoisotopic (exact) mass is 598 g/mol. The van der Waals surface area contributed by atoms with Gasteiger partial charge in [-0.05, 0) is 51.2 Å². The van der Waals surface area contributed by atoms with E-state index in [9.17, 15) is 19.2 Å². The van der Waals surface area contributed by atoms with E-state index in [1.54, 1.807) is 32.9 Å². The molecule has 4 rings (SSSR count). The zero-order chi connectivity index (χ0) is 30.9. The quantitative estimate of drug-likeness (QED) is 0.230. The average Bonchev–Trinajstić information content (AvgIpc) is 3.84. The normalized spacial score (nSPS) is 22.2. The Morgan fingerprint density at radius 3 is 2.49 bits per heavy atom. The molecule has 0 unspecified atom stereocenters. The highest BCUT2D eigenvalue weighted by atomic mass is 16.7. The van der Waals surface area contributed by atoms with Gasteiger partial charge in [0.25, 0.3) is 5.91 Å². The van der Waals surface area contributed by atoms with Crippen molar-refractivity contribution < 1.29 is 47.6 Å². The topological polar surface area (TPSA) is 149 Å². The van der Waals surface area contributed by atoms with Crippen LogP contribution >= 0.6 is 0 Å². The number of hydrogen-bond acceptors (Lipinski definition) is 11. The van der Waals surface area contributed by atoms with Crippen LogP contribution in [0.25, 0.3) is 0 Å². The molecule has 2 aromatic rings. The number of aromatic nitrogens is 1. The first kappa shape index (κ1) is 31.6. The minimum atomic E-state index is -1.04. The van der Waals surface area contributed by atoms with E-state index < -0.39 is 49.0 Å². The summed E-state index contributed by atoms with van der Waals surface area (Å²) in [6.45, 7) is 4.53. The number of amides is 1. The fourth-order valence-electron chi connectivity index (χ4n) is 4.52. The maximum absolute atomic E-state index is 13.4. The number of methoxy groups -OCH3 is 1. The molecule has 1 saturated heterocycles. The molecular formula is C31H38N2O10. The Labute approximate surface area is 250 Å². The molecule has 2 aliphatic rings. The maximum atomic E-state index is 13.4. The van der Waals surface area contributed by atoms with Gasteiger partial charge in [0.15, 0.2) is 23.3 Å². The molecule has 12 heteroatoms. The van der Waals surface area contributed by atoms with Crippen molar-refractivity contribution >= 4 is 23.8 Å². The lowest BCUT2D eigenvalue weighted by molar-refractivity contribution is -0.175. The summed E-state index contributed by atoms with van der Waals surface area (Å²) < 4.78 is 33.8. The summed E-state index contributed by atoms with van der Waals surface area (Å²) in [5.41, 5.74) is -0.165. The smallest absolute Gasteiger partial charge is 0.329 e. The molecule has 0 bridgehead atoms. The van der Waals surface area contributed by atoms with Gasteiger partial charge in [-0.25, -0.2) is 9.78 Å². The van der Waals surface area contributed by atoms with Crippen LogP contribution in [-0.4, -0.2) is 67.1 Å². The molecule has 2 fully saturated rings. The minimum absolute atomic E-state index is 0.0489. The molecule has 1 aromatic heterocycles. The maximum Gasteiger partial charge on any atom is 0.329 e. The molecule has 1 amide bonds.